The maximum absolute atomic E-state index is 12.5. The molecule has 1 aliphatic rings. The molecule has 0 fully saturated rings. The van der Waals surface area contributed by atoms with E-state index in [4.69, 9.17) is 16.7 Å². The Kier molecular flexibility index (Phi) is 5.15. The number of anilines is 3. The molecule has 1 unspecified atom stereocenters. The number of aromatic nitrogens is 1. The highest BCUT2D eigenvalue weighted by Crippen LogP contribution is 2.42. The molecule has 1 aromatic heterocycles. The van der Waals surface area contributed by atoms with Gasteiger partial charge in [0, 0.05) is 5.56 Å². The number of nitrogens with zero attached hydrogens (tertiary/aromatic N) is 4. The molecule has 1 aliphatic heterocycles. The van der Waals surface area contributed by atoms with E-state index < -0.39 is 12.7 Å². The summed E-state index contributed by atoms with van der Waals surface area (Å²) >= 11 is 3.18. The molecule has 1 aromatic carbocycles. The van der Waals surface area contributed by atoms with Crippen LogP contribution in [0.1, 0.15) is 22.7 Å². The lowest BCUT2D eigenvalue weighted by Crippen LogP contribution is -2.32. The van der Waals surface area contributed by atoms with Gasteiger partial charge in [0.25, 0.3) is 0 Å². The van der Waals surface area contributed by atoms with Gasteiger partial charge in [-0.1, -0.05) is 6.07 Å². The molecule has 12 heteroatoms. The van der Waals surface area contributed by atoms with E-state index in [1.54, 1.807) is 6.19 Å². The summed E-state index contributed by atoms with van der Waals surface area (Å²) in [7, 11) is 0. The molecular formula is C16H11BrF2N8O. The van der Waals surface area contributed by atoms with Crippen molar-refractivity contribution in [2.75, 3.05) is 16.8 Å². The van der Waals surface area contributed by atoms with Crippen molar-refractivity contribution >= 4 is 39.2 Å². The van der Waals surface area contributed by atoms with Crippen LogP contribution in [0.3, 0.4) is 0 Å². The lowest BCUT2D eigenvalue weighted by atomic mass is 9.95. The average Bonchev–Trinajstić information content (AvgIpc) is 2.63. The third-order valence-electron chi connectivity index (χ3n) is 3.85. The molecular weight excluding hydrogens is 438 g/mol. The van der Waals surface area contributed by atoms with Crippen LogP contribution in [0.25, 0.3) is 0 Å². The SMILES string of the molecule is N#CNC1=NC(c2ccc(OC(F)F)c(Br)c2)c2c(nc(N)c(C#N)c2N)N1. The Hall–Kier alpha value is -3.64. The molecule has 0 saturated carbocycles. The van der Waals surface area contributed by atoms with Crippen molar-refractivity contribution in [3.63, 3.8) is 0 Å². The number of nitriles is 2. The predicted octanol–water partition coefficient (Wildman–Crippen LogP) is 2.42. The average molecular weight is 449 g/mol. The molecule has 0 saturated heterocycles. The van der Waals surface area contributed by atoms with Crippen LogP contribution >= 0.6 is 15.9 Å². The number of pyridine rings is 1. The van der Waals surface area contributed by atoms with Crippen molar-refractivity contribution < 1.29 is 13.5 Å². The van der Waals surface area contributed by atoms with E-state index in [9.17, 15) is 14.0 Å². The summed E-state index contributed by atoms with van der Waals surface area (Å²) < 4.78 is 29.6. The first kappa shape index (κ1) is 19.1. The molecule has 28 heavy (non-hydrogen) atoms. The molecule has 0 radical (unpaired) electrons. The van der Waals surface area contributed by atoms with Gasteiger partial charge >= 0.3 is 6.61 Å². The van der Waals surface area contributed by atoms with Crippen LogP contribution in [-0.2, 0) is 0 Å². The van der Waals surface area contributed by atoms with E-state index in [1.807, 2.05) is 6.07 Å². The maximum atomic E-state index is 12.5. The second-order valence-electron chi connectivity index (χ2n) is 5.47. The van der Waals surface area contributed by atoms with Crippen molar-refractivity contribution in [1.82, 2.24) is 10.3 Å². The number of guanidine groups is 1. The number of fused-ring (bicyclic) bond motifs is 1. The summed E-state index contributed by atoms with van der Waals surface area (Å²) in [5, 5.41) is 23.3. The number of alkyl halides is 2. The van der Waals surface area contributed by atoms with Gasteiger partial charge < -0.3 is 21.5 Å². The molecule has 2 aromatic rings. The normalized spacial score (nSPS) is 14.9. The van der Waals surface area contributed by atoms with Gasteiger partial charge in [0.05, 0.1) is 10.2 Å². The monoisotopic (exact) mass is 448 g/mol. The fourth-order valence-corrected chi connectivity index (χ4v) is 3.19. The molecule has 9 nitrogen and oxygen atoms in total. The van der Waals surface area contributed by atoms with E-state index >= 15 is 0 Å². The molecule has 1 atom stereocenters. The number of aliphatic imine (C=N–C) groups is 1. The zero-order valence-electron chi connectivity index (χ0n) is 13.9. The van der Waals surface area contributed by atoms with E-state index in [2.05, 4.69) is 41.3 Å². The highest BCUT2D eigenvalue weighted by Gasteiger charge is 2.30. The topological polar surface area (TPSA) is 158 Å². The van der Waals surface area contributed by atoms with E-state index in [0.29, 0.717) is 11.1 Å². The Balaban J connectivity index is 2.16. The van der Waals surface area contributed by atoms with Gasteiger partial charge in [-0.3, -0.25) is 5.32 Å². The second kappa shape index (κ2) is 7.54. The third kappa shape index (κ3) is 3.45. The summed E-state index contributed by atoms with van der Waals surface area (Å²) in [5.41, 5.74) is 12.9. The van der Waals surface area contributed by atoms with Gasteiger partial charge in [-0.05, 0) is 33.6 Å². The summed E-state index contributed by atoms with van der Waals surface area (Å²) in [6, 6.07) is 5.48. The molecule has 0 aliphatic carbocycles. The summed E-state index contributed by atoms with van der Waals surface area (Å²) in [4.78, 5) is 8.50. The lowest BCUT2D eigenvalue weighted by Gasteiger charge is -2.26. The number of nitrogen functional groups attached to an aromatic ring is 2. The zero-order chi connectivity index (χ0) is 20.4. The minimum Gasteiger partial charge on any atom is -0.434 e. The second-order valence-corrected chi connectivity index (χ2v) is 6.32. The van der Waals surface area contributed by atoms with E-state index in [0.717, 1.165) is 0 Å². The number of halogens is 3. The van der Waals surface area contributed by atoms with Crippen LogP contribution in [-0.4, -0.2) is 17.6 Å². The van der Waals surface area contributed by atoms with Crippen LogP contribution in [0, 0.1) is 22.8 Å². The van der Waals surface area contributed by atoms with Crippen molar-refractivity contribution in [2.24, 2.45) is 4.99 Å². The Morgan fingerprint density at radius 3 is 2.68 bits per heavy atom. The minimum absolute atomic E-state index is 0.00541. The number of benzene rings is 1. The summed E-state index contributed by atoms with van der Waals surface area (Å²) in [6.45, 7) is -2.98. The fraction of sp³-hybridized carbons (Fsp3) is 0.125. The third-order valence-corrected chi connectivity index (χ3v) is 4.47. The first-order chi connectivity index (χ1) is 13.3. The van der Waals surface area contributed by atoms with Crippen LogP contribution in [0.2, 0.25) is 0 Å². The van der Waals surface area contributed by atoms with Gasteiger partial charge in [-0.2, -0.15) is 19.3 Å². The van der Waals surface area contributed by atoms with Gasteiger partial charge in [-0.25, -0.2) is 9.98 Å². The lowest BCUT2D eigenvalue weighted by molar-refractivity contribution is -0.0503. The first-order valence-electron chi connectivity index (χ1n) is 7.58. The molecule has 0 spiro atoms. The van der Waals surface area contributed by atoms with Crippen molar-refractivity contribution in [2.45, 2.75) is 12.7 Å². The number of hydrogen-bond acceptors (Lipinski definition) is 9. The molecule has 2 heterocycles. The highest BCUT2D eigenvalue weighted by atomic mass is 79.9. The number of ether oxygens (including phenoxy) is 1. The van der Waals surface area contributed by atoms with Crippen molar-refractivity contribution in [1.29, 1.82) is 10.5 Å². The predicted molar refractivity (Wildman–Crippen MR) is 100 cm³/mol. The van der Waals surface area contributed by atoms with Gasteiger partial charge in [0.1, 0.15) is 35.1 Å². The Labute approximate surface area is 165 Å². The van der Waals surface area contributed by atoms with Gasteiger partial charge in [-0.15, -0.1) is 0 Å². The van der Waals surface area contributed by atoms with Crippen LogP contribution < -0.4 is 26.8 Å². The molecule has 0 bridgehead atoms. The largest absolute Gasteiger partial charge is 0.434 e. The Bertz CT molecular complexity index is 1060. The van der Waals surface area contributed by atoms with Crippen LogP contribution in [0.4, 0.5) is 26.1 Å². The minimum atomic E-state index is -2.98. The van der Waals surface area contributed by atoms with Crippen molar-refractivity contribution in [3.8, 4) is 18.0 Å². The quantitative estimate of drug-likeness (QED) is 0.411. The van der Waals surface area contributed by atoms with Crippen LogP contribution in [0.15, 0.2) is 27.7 Å². The number of rotatable bonds is 3. The smallest absolute Gasteiger partial charge is 0.387 e. The molecule has 142 valence electrons. The first-order valence-corrected chi connectivity index (χ1v) is 8.38. The summed E-state index contributed by atoms with van der Waals surface area (Å²) in [5.74, 6) is 0.161. The highest BCUT2D eigenvalue weighted by molar-refractivity contribution is 9.10. The summed E-state index contributed by atoms with van der Waals surface area (Å²) in [6.07, 6.45) is 1.74. The number of nitrogens with one attached hydrogen (secondary N) is 2. The standard InChI is InChI=1S/C16H11BrF2N8O/c17-8-3-6(1-2-9(8)28-15(18)19)12-10-11(22)7(4-20)13(23)26-14(10)27-16(25-12)24-5-21/h1-3,12,15H,(H6,22,23,24,25,26,27). The van der Waals surface area contributed by atoms with E-state index in [-0.39, 0.29) is 39.1 Å². The number of hydrogen-bond donors (Lipinski definition) is 4. The molecule has 6 N–H and O–H groups in total. The maximum Gasteiger partial charge on any atom is 0.387 e. The van der Waals surface area contributed by atoms with Gasteiger partial charge in [0.15, 0.2) is 6.19 Å². The van der Waals surface area contributed by atoms with Gasteiger partial charge in [0.2, 0.25) is 5.96 Å². The fourth-order valence-electron chi connectivity index (χ4n) is 2.70. The Morgan fingerprint density at radius 1 is 1.32 bits per heavy atom. The number of nitrogens with two attached hydrogens (primary N) is 2. The van der Waals surface area contributed by atoms with E-state index in [1.165, 1.54) is 18.2 Å². The Morgan fingerprint density at radius 2 is 2.07 bits per heavy atom. The molecule has 3 rings (SSSR count). The van der Waals surface area contributed by atoms with Crippen molar-refractivity contribution in [3.05, 3.63) is 39.4 Å². The molecule has 0 amide bonds. The zero-order valence-corrected chi connectivity index (χ0v) is 15.5. The van der Waals surface area contributed by atoms with Crippen LogP contribution in [0.5, 0.6) is 5.75 Å².